The summed E-state index contributed by atoms with van der Waals surface area (Å²) in [4.78, 5) is 23.4. The Morgan fingerprint density at radius 1 is 1.33 bits per heavy atom. The van der Waals surface area contributed by atoms with E-state index in [4.69, 9.17) is 23.2 Å². The van der Waals surface area contributed by atoms with Gasteiger partial charge in [0, 0.05) is 6.04 Å². The van der Waals surface area contributed by atoms with Gasteiger partial charge in [0.15, 0.2) is 0 Å². The zero-order valence-corrected chi connectivity index (χ0v) is 13.0. The predicted molar refractivity (Wildman–Crippen MR) is 82.0 cm³/mol. The molecule has 0 spiro atoms. The van der Waals surface area contributed by atoms with Crippen LogP contribution in [-0.2, 0) is 4.79 Å². The molecular weight excluding hydrogens is 315 g/mol. The number of para-hydroxylation sites is 1. The van der Waals surface area contributed by atoms with Crippen LogP contribution in [-0.4, -0.2) is 23.1 Å². The lowest BCUT2D eigenvalue weighted by Crippen LogP contribution is -2.48. The van der Waals surface area contributed by atoms with Crippen LogP contribution in [0.1, 0.15) is 26.2 Å². The quantitative estimate of drug-likeness (QED) is 0.789. The lowest BCUT2D eigenvalue weighted by molar-refractivity contribution is -0.148. The second-order valence-corrected chi connectivity index (χ2v) is 6.18. The van der Waals surface area contributed by atoms with E-state index in [0.29, 0.717) is 28.6 Å². The van der Waals surface area contributed by atoms with E-state index in [1.807, 2.05) is 0 Å². The van der Waals surface area contributed by atoms with Crippen molar-refractivity contribution in [1.82, 2.24) is 5.32 Å². The minimum absolute atomic E-state index is 0.313. The van der Waals surface area contributed by atoms with Gasteiger partial charge >= 0.3 is 12.0 Å². The van der Waals surface area contributed by atoms with Gasteiger partial charge in [-0.2, -0.15) is 0 Å². The fourth-order valence-electron chi connectivity index (χ4n) is 2.58. The molecule has 3 N–H and O–H groups in total. The normalized spacial score (nSPS) is 24.6. The summed E-state index contributed by atoms with van der Waals surface area (Å²) in [6, 6.07) is 3.97. The molecule has 1 aromatic rings. The van der Waals surface area contributed by atoms with Crippen LogP contribution >= 0.6 is 23.2 Å². The molecular formula is C14H16Cl2N2O3. The Labute approximate surface area is 132 Å². The van der Waals surface area contributed by atoms with E-state index in [1.54, 1.807) is 25.1 Å². The maximum atomic E-state index is 12.1. The molecule has 2 amide bonds. The maximum absolute atomic E-state index is 12.1. The van der Waals surface area contributed by atoms with Crippen LogP contribution < -0.4 is 10.6 Å². The molecule has 21 heavy (non-hydrogen) atoms. The Balaban J connectivity index is 2.07. The fraction of sp³-hybridized carbons (Fsp3) is 0.429. The Morgan fingerprint density at radius 2 is 1.95 bits per heavy atom. The van der Waals surface area contributed by atoms with Crippen molar-refractivity contribution in [2.75, 3.05) is 5.32 Å². The van der Waals surface area contributed by atoms with Crippen molar-refractivity contribution in [3.63, 3.8) is 0 Å². The average molecular weight is 331 g/mol. The lowest BCUT2D eigenvalue weighted by Gasteiger charge is -2.27. The smallest absolute Gasteiger partial charge is 0.319 e. The highest BCUT2D eigenvalue weighted by molar-refractivity contribution is 6.39. The monoisotopic (exact) mass is 330 g/mol. The molecule has 0 radical (unpaired) electrons. The van der Waals surface area contributed by atoms with Gasteiger partial charge in [-0.05, 0) is 31.9 Å². The van der Waals surface area contributed by atoms with Crippen molar-refractivity contribution in [2.45, 2.75) is 32.2 Å². The number of amides is 2. The third-order valence-corrected chi connectivity index (χ3v) is 4.58. The summed E-state index contributed by atoms with van der Waals surface area (Å²) in [5, 5.41) is 15.2. The van der Waals surface area contributed by atoms with E-state index in [-0.39, 0.29) is 0 Å². The maximum Gasteiger partial charge on any atom is 0.319 e. The predicted octanol–water partition coefficient (Wildman–Crippen LogP) is 3.76. The van der Waals surface area contributed by atoms with E-state index in [2.05, 4.69) is 10.6 Å². The standard InChI is InChI=1S/C14H16Cl2N2O3/c1-14(12(19)20)7-3-6-10(14)17-13(21)18-11-8(15)4-2-5-9(11)16/h2,4-5,10H,3,6-7H2,1H3,(H,19,20)(H2,17,18,21). The number of carboxylic acid groups (broad SMARTS) is 1. The van der Waals surface area contributed by atoms with E-state index in [0.717, 1.165) is 6.42 Å². The third kappa shape index (κ3) is 3.24. The Kier molecular flexibility index (Phi) is 4.64. The SMILES string of the molecule is CC1(C(=O)O)CCCC1NC(=O)Nc1c(Cl)cccc1Cl. The van der Waals surface area contributed by atoms with Crippen LogP contribution in [0.4, 0.5) is 10.5 Å². The second kappa shape index (κ2) is 6.12. The van der Waals surface area contributed by atoms with Crippen LogP contribution in [0.3, 0.4) is 0 Å². The van der Waals surface area contributed by atoms with Crippen LogP contribution in [0.25, 0.3) is 0 Å². The van der Waals surface area contributed by atoms with Crippen molar-refractivity contribution in [1.29, 1.82) is 0 Å². The Hall–Kier alpha value is -1.46. The highest BCUT2D eigenvalue weighted by Crippen LogP contribution is 2.38. The first-order chi connectivity index (χ1) is 9.84. The van der Waals surface area contributed by atoms with Gasteiger partial charge in [-0.1, -0.05) is 35.7 Å². The van der Waals surface area contributed by atoms with Crippen LogP contribution in [0.5, 0.6) is 0 Å². The molecule has 0 saturated heterocycles. The van der Waals surface area contributed by atoms with Gasteiger partial charge in [-0.25, -0.2) is 4.79 Å². The van der Waals surface area contributed by atoms with Crippen molar-refractivity contribution in [2.24, 2.45) is 5.41 Å². The first kappa shape index (κ1) is 15.9. The minimum Gasteiger partial charge on any atom is -0.481 e. The molecule has 1 aromatic carbocycles. The molecule has 1 aliphatic carbocycles. The number of hydrogen-bond acceptors (Lipinski definition) is 2. The summed E-state index contributed by atoms with van der Waals surface area (Å²) >= 11 is 12.0. The molecule has 1 aliphatic rings. The van der Waals surface area contributed by atoms with Gasteiger partial charge in [0.1, 0.15) is 0 Å². The zero-order chi connectivity index (χ0) is 15.6. The number of anilines is 1. The van der Waals surface area contributed by atoms with Gasteiger partial charge in [-0.3, -0.25) is 4.79 Å². The van der Waals surface area contributed by atoms with E-state index < -0.39 is 23.5 Å². The molecule has 2 atom stereocenters. The van der Waals surface area contributed by atoms with Crippen molar-refractivity contribution < 1.29 is 14.7 Å². The molecule has 5 nitrogen and oxygen atoms in total. The molecule has 114 valence electrons. The molecule has 2 unspecified atom stereocenters. The number of nitrogens with one attached hydrogen (secondary N) is 2. The van der Waals surface area contributed by atoms with Gasteiger partial charge < -0.3 is 15.7 Å². The van der Waals surface area contributed by atoms with Crippen LogP contribution in [0.2, 0.25) is 10.0 Å². The largest absolute Gasteiger partial charge is 0.481 e. The fourth-order valence-corrected chi connectivity index (χ4v) is 3.07. The number of halogens is 2. The summed E-state index contributed by atoms with van der Waals surface area (Å²) in [6.07, 6.45) is 1.94. The highest BCUT2D eigenvalue weighted by atomic mass is 35.5. The highest BCUT2D eigenvalue weighted by Gasteiger charge is 2.45. The lowest BCUT2D eigenvalue weighted by atomic mass is 9.85. The van der Waals surface area contributed by atoms with Gasteiger partial charge in [-0.15, -0.1) is 0 Å². The molecule has 2 rings (SSSR count). The van der Waals surface area contributed by atoms with Crippen LogP contribution in [0.15, 0.2) is 18.2 Å². The number of urea groups is 1. The van der Waals surface area contributed by atoms with Crippen molar-refractivity contribution >= 4 is 40.9 Å². The average Bonchev–Trinajstić information content (AvgIpc) is 2.77. The number of benzene rings is 1. The molecule has 7 heteroatoms. The summed E-state index contributed by atoms with van der Waals surface area (Å²) in [5.74, 6) is -0.902. The van der Waals surface area contributed by atoms with E-state index in [1.165, 1.54) is 0 Å². The van der Waals surface area contributed by atoms with Crippen molar-refractivity contribution in [3.05, 3.63) is 28.2 Å². The molecule has 0 aliphatic heterocycles. The number of carbonyl (C=O) groups is 2. The van der Waals surface area contributed by atoms with Gasteiger partial charge in [0.25, 0.3) is 0 Å². The number of carboxylic acids is 1. The number of aliphatic carboxylic acids is 1. The number of rotatable bonds is 3. The molecule has 0 bridgehead atoms. The van der Waals surface area contributed by atoms with E-state index >= 15 is 0 Å². The summed E-state index contributed by atoms with van der Waals surface area (Å²) in [7, 11) is 0. The van der Waals surface area contributed by atoms with E-state index in [9.17, 15) is 14.7 Å². The van der Waals surface area contributed by atoms with Crippen LogP contribution in [0, 0.1) is 5.41 Å². The first-order valence-corrected chi connectivity index (χ1v) is 7.35. The Bertz CT molecular complexity index is 559. The molecule has 0 heterocycles. The zero-order valence-electron chi connectivity index (χ0n) is 11.5. The minimum atomic E-state index is -0.943. The first-order valence-electron chi connectivity index (χ1n) is 6.59. The topological polar surface area (TPSA) is 78.4 Å². The summed E-state index contributed by atoms with van der Waals surface area (Å²) in [6.45, 7) is 1.65. The number of carbonyl (C=O) groups excluding carboxylic acids is 1. The molecule has 1 fully saturated rings. The second-order valence-electron chi connectivity index (χ2n) is 5.36. The van der Waals surface area contributed by atoms with Gasteiger partial charge in [0.05, 0.1) is 21.1 Å². The Morgan fingerprint density at radius 3 is 2.52 bits per heavy atom. The van der Waals surface area contributed by atoms with Crippen molar-refractivity contribution in [3.8, 4) is 0 Å². The summed E-state index contributed by atoms with van der Waals surface area (Å²) < 4.78 is 0. The number of hydrogen-bond donors (Lipinski definition) is 3. The molecule has 0 aromatic heterocycles. The molecule has 1 saturated carbocycles. The van der Waals surface area contributed by atoms with Gasteiger partial charge in [0.2, 0.25) is 0 Å². The summed E-state index contributed by atoms with van der Waals surface area (Å²) in [5.41, 5.74) is -0.630. The third-order valence-electron chi connectivity index (χ3n) is 3.95.